The van der Waals surface area contributed by atoms with Crippen molar-refractivity contribution in [1.82, 2.24) is 20.1 Å². The van der Waals surface area contributed by atoms with E-state index in [9.17, 15) is 0 Å². The van der Waals surface area contributed by atoms with Crippen LogP contribution in [-0.2, 0) is 6.54 Å². The van der Waals surface area contributed by atoms with Crippen molar-refractivity contribution < 1.29 is 0 Å². The summed E-state index contributed by atoms with van der Waals surface area (Å²) < 4.78 is 1.96. The van der Waals surface area contributed by atoms with Crippen molar-refractivity contribution in [2.75, 3.05) is 6.54 Å². The first-order valence-electron chi connectivity index (χ1n) is 6.35. The maximum atomic E-state index is 4.35. The minimum absolute atomic E-state index is 0.327. The maximum Gasteiger partial charge on any atom is 0.0965 e. The number of rotatable bonds is 6. The van der Waals surface area contributed by atoms with Gasteiger partial charge in [-0.1, -0.05) is 6.92 Å². The summed E-state index contributed by atoms with van der Waals surface area (Å²) >= 11 is 1.72. The van der Waals surface area contributed by atoms with Crippen molar-refractivity contribution in [2.24, 2.45) is 0 Å². The predicted molar refractivity (Wildman–Crippen MR) is 74.8 cm³/mol. The second-order valence-electron chi connectivity index (χ2n) is 4.53. The van der Waals surface area contributed by atoms with Crippen LogP contribution in [0.15, 0.2) is 24.0 Å². The quantitative estimate of drug-likeness (QED) is 0.872. The van der Waals surface area contributed by atoms with E-state index in [1.165, 1.54) is 10.6 Å². The first kappa shape index (κ1) is 13.2. The van der Waals surface area contributed by atoms with Crippen LogP contribution in [0, 0.1) is 0 Å². The van der Waals surface area contributed by atoms with E-state index in [1.807, 2.05) is 22.5 Å². The van der Waals surface area contributed by atoms with E-state index in [1.54, 1.807) is 11.3 Å². The summed E-state index contributed by atoms with van der Waals surface area (Å²) in [6.07, 6.45) is 5.91. The standard InChI is InChI=1S/C13H20N4S/c1-4-17-9-12(8-16-17)11(3)15-7-10(2)13-14-5-6-18-13/h5-6,8-11,15H,4,7H2,1-3H3. The zero-order valence-electron chi connectivity index (χ0n) is 11.1. The van der Waals surface area contributed by atoms with Gasteiger partial charge in [-0.15, -0.1) is 11.3 Å². The average Bonchev–Trinajstić information content (AvgIpc) is 3.05. The maximum absolute atomic E-state index is 4.35. The van der Waals surface area contributed by atoms with Crippen molar-refractivity contribution in [1.29, 1.82) is 0 Å². The Kier molecular flexibility index (Phi) is 4.49. The van der Waals surface area contributed by atoms with Gasteiger partial charge in [0.25, 0.3) is 0 Å². The molecule has 0 fully saturated rings. The molecule has 2 heterocycles. The monoisotopic (exact) mass is 264 g/mol. The number of nitrogens with zero attached hydrogens (tertiary/aromatic N) is 3. The van der Waals surface area contributed by atoms with Gasteiger partial charge in [0.2, 0.25) is 0 Å². The first-order valence-corrected chi connectivity index (χ1v) is 7.23. The van der Waals surface area contributed by atoms with Gasteiger partial charge in [0.05, 0.1) is 11.2 Å². The number of nitrogens with one attached hydrogen (secondary N) is 1. The Bertz CT molecular complexity index is 463. The number of thiazole rings is 1. The Morgan fingerprint density at radius 2 is 2.28 bits per heavy atom. The Hall–Kier alpha value is -1.20. The molecule has 0 aliphatic rings. The van der Waals surface area contributed by atoms with Gasteiger partial charge < -0.3 is 5.32 Å². The van der Waals surface area contributed by atoms with Crippen molar-refractivity contribution in [2.45, 2.75) is 39.3 Å². The summed E-state index contributed by atoms with van der Waals surface area (Å²) in [7, 11) is 0. The Balaban J connectivity index is 1.86. The third-order valence-corrected chi connectivity index (χ3v) is 4.09. The molecule has 2 atom stereocenters. The lowest BCUT2D eigenvalue weighted by Crippen LogP contribution is -2.23. The van der Waals surface area contributed by atoms with E-state index in [-0.39, 0.29) is 0 Å². The van der Waals surface area contributed by atoms with Gasteiger partial charge in [0.1, 0.15) is 0 Å². The molecule has 0 saturated heterocycles. The summed E-state index contributed by atoms with van der Waals surface area (Å²) in [5.74, 6) is 0.452. The Labute approximate surface area is 112 Å². The van der Waals surface area contributed by atoms with E-state index < -0.39 is 0 Å². The van der Waals surface area contributed by atoms with Crippen LogP contribution in [0.2, 0.25) is 0 Å². The van der Waals surface area contributed by atoms with Crippen LogP contribution < -0.4 is 5.32 Å². The zero-order chi connectivity index (χ0) is 13.0. The van der Waals surface area contributed by atoms with Crippen molar-refractivity contribution in [3.8, 4) is 0 Å². The lowest BCUT2D eigenvalue weighted by Gasteiger charge is -2.15. The minimum Gasteiger partial charge on any atom is -0.309 e. The summed E-state index contributed by atoms with van der Waals surface area (Å²) in [5, 5.41) is 11.1. The second-order valence-corrected chi connectivity index (χ2v) is 5.46. The molecule has 0 aliphatic heterocycles. The fourth-order valence-electron chi connectivity index (χ4n) is 1.81. The number of aromatic nitrogens is 3. The molecule has 2 unspecified atom stereocenters. The second kappa shape index (κ2) is 6.11. The molecule has 0 saturated carbocycles. The van der Waals surface area contributed by atoms with Crippen LogP contribution >= 0.6 is 11.3 Å². The molecule has 0 aromatic carbocycles. The summed E-state index contributed by atoms with van der Waals surface area (Å²) in [4.78, 5) is 4.35. The molecule has 0 bridgehead atoms. The highest BCUT2D eigenvalue weighted by molar-refractivity contribution is 7.09. The third kappa shape index (κ3) is 3.17. The smallest absolute Gasteiger partial charge is 0.0965 e. The van der Waals surface area contributed by atoms with Gasteiger partial charge in [-0.3, -0.25) is 4.68 Å². The van der Waals surface area contributed by atoms with Gasteiger partial charge in [-0.25, -0.2) is 4.98 Å². The molecule has 18 heavy (non-hydrogen) atoms. The van der Waals surface area contributed by atoms with Crippen LogP contribution in [0.4, 0.5) is 0 Å². The van der Waals surface area contributed by atoms with Gasteiger partial charge in [-0.2, -0.15) is 5.10 Å². The third-order valence-electron chi connectivity index (χ3n) is 3.08. The number of aryl methyl sites for hydroxylation is 1. The molecule has 4 nitrogen and oxygen atoms in total. The predicted octanol–water partition coefficient (Wildman–Crippen LogP) is 2.81. The van der Waals surface area contributed by atoms with E-state index >= 15 is 0 Å². The molecule has 2 aromatic heterocycles. The minimum atomic E-state index is 0.327. The van der Waals surface area contributed by atoms with E-state index in [0.29, 0.717) is 12.0 Å². The number of hydrogen-bond donors (Lipinski definition) is 1. The van der Waals surface area contributed by atoms with Gasteiger partial charge in [-0.05, 0) is 13.8 Å². The zero-order valence-corrected chi connectivity index (χ0v) is 11.9. The first-order chi connectivity index (χ1) is 8.70. The van der Waals surface area contributed by atoms with Gasteiger partial charge >= 0.3 is 0 Å². The molecule has 1 N–H and O–H groups in total. The fourth-order valence-corrected chi connectivity index (χ4v) is 2.51. The fraction of sp³-hybridized carbons (Fsp3) is 0.538. The molecule has 2 rings (SSSR count). The Morgan fingerprint density at radius 1 is 1.44 bits per heavy atom. The van der Waals surface area contributed by atoms with Crippen LogP contribution in [0.25, 0.3) is 0 Å². The molecular formula is C13H20N4S. The topological polar surface area (TPSA) is 42.7 Å². The van der Waals surface area contributed by atoms with Crippen molar-refractivity contribution >= 4 is 11.3 Å². The average molecular weight is 264 g/mol. The molecule has 0 amide bonds. The molecule has 2 aromatic rings. The van der Waals surface area contributed by atoms with Crippen molar-refractivity contribution in [3.63, 3.8) is 0 Å². The Morgan fingerprint density at radius 3 is 2.89 bits per heavy atom. The van der Waals surface area contributed by atoms with Crippen LogP contribution in [0.3, 0.4) is 0 Å². The van der Waals surface area contributed by atoms with Crippen LogP contribution in [-0.4, -0.2) is 21.3 Å². The summed E-state index contributed by atoms with van der Waals surface area (Å²) in [6, 6.07) is 0.327. The summed E-state index contributed by atoms with van der Waals surface area (Å²) in [6.45, 7) is 8.33. The highest BCUT2D eigenvalue weighted by atomic mass is 32.1. The van der Waals surface area contributed by atoms with E-state index in [4.69, 9.17) is 0 Å². The molecule has 0 aliphatic carbocycles. The SMILES string of the molecule is CCn1cc(C(C)NCC(C)c2nccs2)cn1. The lowest BCUT2D eigenvalue weighted by atomic mass is 10.1. The van der Waals surface area contributed by atoms with Crippen LogP contribution in [0.1, 0.15) is 43.3 Å². The van der Waals surface area contributed by atoms with E-state index in [0.717, 1.165) is 13.1 Å². The molecule has 5 heteroatoms. The van der Waals surface area contributed by atoms with Gasteiger partial charge in [0, 0.05) is 48.4 Å². The summed E-state index contributed by atoms with van der Waals surface area (Å²) in [5.41, 5.74) is 1.24. The highest BCUT2D eigenvalue weighted by Gasteiger charge is 2.12. The van der Waals surface area contributed by atoms with Crippen molar-refractivity contribution in [3.05, 3.63) is 34.5 Å². The van der Waals surface area contributed by atoms with Gasteiger partial charge in [0.15, 0.2) is 0 Å². The van der Waals surface area contributed by atoms with Crippen LogP contribution in [0.5, 0.6) is 0 Å². The molecule has 0 radical (unpaired) electrons. The normalized spacial score (nSPS) is 14.6. The number of hydrogen-bond acceptors (Lipinski definition) is 4. The van der Waals surface area contributed by atoms with E-state index in [2.05, 4.69) is 42.4 Å². The highest BCUT2D eigenvalue weighted by Crippen LogP contribution is 2.18. The lowest BCUT2D eigenvalue weighted by molar-refractivity contribution is 0.535. The molecule has 98 valence electrons. The largest absolute Gasteiger partial charge is 0.309 e. The molecular weight excluding hydrogens is 244 g/mol. The molecule has 0 spiro atoms.